The van der Waals surface area contributed by atoms with E-state index in [1.165, 1.54) is 0 Å². The molecule has 1 rings (SSSR count). The number of aromatic nitrogens is 1. The maximum atomic E-state index is 11.2. The summed E-state index contributed by atoms with van der Waals surface area (Å²) in [6.07, 6.45) is 3.97. The quantitative estimate of drug-likeness (QED) is 0.758. The van der Waals surface area contributed by atoms with Crippen molar-refractivity contribution in [3.05, 3.63) is 30.1 Å². The number of carboxylic acids is 1. The van der Waals surface area contributed by atoms with Gasteiger partial charge < -0.3 is 10.4 Å². The minimum Gasteiger partial charge on any atom is -0.480 e. The Labute approximate surface area is 102 Å². The van der Waals surface area contributed by atoms with Gasteiger partial charge in [-0.15, -0.1) is 0 Å². The highest BCUT2D eigenvalue weighted by Gasteiger charge is 2.30. The minimum absolute atomic E-state index is 0.625. The molecule has 0 radical (unpaired) electrons. The van der Waals surface area contributed by atoms with Crippen molar-refractivity contribution in [1.29, 1.82) is 0 Å². The number of pyridine rings is 1. The summed E-state index contributed by atoms with van der Waals surface area (Å²) in [6.45, 7) is 4.35. The largest absolute Gasteiger partial charge is 0.480 e. The fourth-order valence-corrected chi connectivity index (χ4v) is 1.78. The van der Waals surface area contributed by atoms with Crippen molar-refractivity contribution in [2.45, 2.75) is 38.6 Å². The first kappa shape index (κ1) is 13.6. The van der Waals surface area contributed by atoms with E-state index < -0.39 is 11.5 Å². The van der Waals surface area contributed by atoms with Crippen LogP contribution in [0.25, 0.3) is 0 Å². The summed E-state index contributed by atoms with van der Waals surface area (Å²) in [7, 11) is 0. The normalized spacial score (nSPS) is 14.2. The van der Waals surface area contributed by atoms with Crippen molar-refractivity contribution in [2.75, 3.05) is 6.54 Å². The van der Waals surface area contributed by atoms with Crippen LogP contribution >= 0.6 is 0 Å². The second kappa shape index (κ2) is 6.35. The molecule has 0 spiro atoms. The van der Waals surface area contributed by atoms with Crippen LogP contribution in [0.4, 0.5) is 0 Å². The zero-order valence-electron chi connectivity index (χ0n) is 10.4. The molecule has 1 aromatic heterocycles. The molecule has 2 N–H and O–H groups in total. The lowest BCUT2D eigenvalue weighted by atomic mass is 9.96. The second-order valence-corrected chi connectivity index (χ2v) is 4.39. The second-order valence-electron chi connectivity index (χ2n) is 4.39. The molecule has 0 aromatic carbocycles. The van der Waals surface area contributed by atoms with Gasteiger partial charge in [-0.2, -0.15) is 0 Å². The molecule has 4 heteroatoms. The Bertz CT molecular complexity index is 354. The molecular weight excluding hydrogens is 216 g/mol. The summed E-state index contributed by atoms with van der Waals surface area (Å²) in [6, 6.07) is 5.75. The summed E-state index contributed by atoms with van der Waals surface area (Å²) in [5, 5.41) is 12.3. The van der Waals surface area contributed by atoms with E-state index in [1.807, 2.05) is 25.1 Å². The maximum absolute atomic E-state index is 11.2. The maximum Gasteiger partial charge on any atom is 0.323 e. The molecule has 0 aliphatic heterocycles. The van der Waals surface area contributed by atoms with Crippen LogP contribution in [0.5, 0.6) is 0 Å². The van der Waals surface area contributed by atoms with E-state index in [0.29, 0.717) is 13.0 Å². The average molecular weight is 236 g/mol. The van der Waals surface area contributed by atoms with E-state index >= 15 is 0 Å². The Morgan fingerprint density at radius 1 is 1.53 bits per heavy atom. The highest BCUT2D eigenvalue weighted by atomic mass is 16.4. The molecule has 0 amide bonds. The topological polar surface area (TPSA) is 62.2 Å². The fraction of sp³-hybridized carbons (Fsp3) is 0.538. The van der Waals surface area contributed by atoms with Gasteiger partial charge in [-0.1, -0.05) is 19.4 Å². The number of carbonyl (C=O) groups is 1. The molecule has 1 heterocycles. The van der Waals surface area contributed by atoms with E-state index in [-0.39, 0.29) is 0 Å². The van der Waals surface area contributed by atoms with Gasteiger partial charge in [0, 0.05) is 24.9 Å². The average Bonchev–Trinajstić information content (AvgIpc) is 2.30. The van der Waals surface area contributed by atoms with Crippen LogP contribution in [0.1, 0.15) is 32.4 Å². The van der Waals surface area contributed by atoms with E-state index in [2.05, 4.69) is 10.3 Å². The fourth-order valence-electron chi connectivity index (χ4n) is 1.78. The van der Waals surface area contributed by atoms with Gasteiger partial charge in [0.25, 0.3) is 0 Å². The van der Waals surface area contributed by atoms with E-state index in [0.717, 1.165) is 18.5 Å². The van der Waals surface area contributed by atoms with Crippen LogP contribution in [-0.4, -0.2) is 28.1 Å². The standard InChI is InChI=1S/C13H20N2O2/c1-3-8-13(2,12(16)17)15-10-7-11-6-4-5-9-14-11/h4-6,9,15H,3,7-8,10H2,1-2H3,(H,16,17). The lowest BCUT2D eigenvalue weighted by molar-refractivity contribution is -0.144. The predicted octanol–water partition coefficient (Wildman–Crippen LogP) is 1.86. The molecular formula is C13H20N2O2. The summed E-state index contributed by atoms with van der Waals surface area (Å²) >= 11 is 0. The van der Waals surface area contributed by atoms with Crippen LogP contribution in [0.3, 0.4) is 0 Å². The molecule has 0 saturated carbocycles. The molecule has 1 aromatic rings. The SMILES string of the molecule is CCCC(C)(NCCc1ccccn1)C(=O)O. The van der Waals surface area contributed by atoms with Crippen LogP contribution in [0.2, 0.25) is 0 Å². The molecule has 4 nitrogen and oxygen atoms in total. The molecule has 94 valence electrons. The number of rotatable bonds is 7. The Kier molecular flexibility index (Phi) is 5.10. The number of nitrogens with zero attached hydrogens (tertiary/aromatic N) is 1. The zero-order valence-corrected chi connectivity index (χ0v) is 10.4. The highest BCUT2D eigenvalue weighted by molar-refractivity contribution is 5.78. The van der Waals surface area contributed by atoms with Crippen molar-refractivity contribution in [1.82, 2.24) is 10.3 Å². The van der Waals surface area contributed by atoms with Crippen LogP contribution in [0.15, 0.2) is 24.4 Å². The summed E-state index contributed by atoms with van der Waals surface area (Å²) in [4.78, 5) is 15.4. The van der Waals surface area contributed by atoms with Gasteiger partial charge in [0.15, 0.2) is 0 Å². The highest BCUT2D eigenvalue weighted by Crippen LogP contribution is 2.12. The van der Waals surface area contributed by atoms with E-state index in [1.54, 1.807) is 13.1 Å². The van der Waals surface area contributed by atoms with Crippen LogP contribution in [0, 0.1) is 0 Å². The Balaban J connectivity index is 2.45. The van der Waals surface area contributed by atoms with Gasteiger partial charge in [-0.05, 0) is 25.5 Å². The van der Waals surface area contributed by atoms with Gasteiger partial charge in [0.1, 0.15) is 5.54 Å². The zero-order chi connectivity index (χ0) is 12.7. The summed E-state index contributed by atoms with van der Waals surface area (Å²) in [5.41, 5.74) is 0.146. The Morgan fingerprint density at radius 2 is 2.29 bits per heavy atom. The van der Waals surface area contributed by atoms with E-state index in [9.17, 15) is 9.90 Å². The van der Waals surface area contributed by atoms with Gasteiger partial charge >= 0.3 is 5.97 Å². The Hall–Kier alpha value is -1.42. The molecule has 17 heavy (non-hydrogen) atoms. The first-order valence-corrected chi connectivity index (χ1v) is 5.97. The van der Waals surface area contributed by atoms with Crippen LogP contribution in [-0.2, 0) is 11.2 Å². The number of aliphatic carboxylic acids is 1. The third kappa shape index (κ3) is 4.15. The lowest BCUT2D eigenvalue weighted by Crippen LogP contribution is -2.50. The lowest BCUT2D eigenvalue weighted by Gasteiger charge is -2.25. The number of nitrogens with one attached hydrogen (secondary N) is 1. The van der Waals surface area contributed by atoms with Gasteiger partial charge in [0.2, 0.25) is 0 Å². The number of hydrogen-bond acceptors (Lipinski definition) is 3. The molecule has 0 aliphatic rings. The molecule has 1 unspecified atom stereocenters. The van der Waals surface area contributed by atoms with Gasteiger partial charge in [0.05, 0.1) is 0 Å². The smallest absolute Gasteiger partial charge is 0.323 e. The Morgan fingerprint density at radius 3 is 2.82 bits per heavy atom. The third-order valence-corrected chi connectivity index (χ3v) is 2.84. The first-order chi connectivity index (χ1) is 8.08. The van der Waals surface area contributed by atoms with Crippen molar-refractivity contribution in [2.24, 2.45) is 0 Å². The van der Waals surface area contributed by atoms with Crippen molar-refractivity contribution < 1.29 is 9.90 Å². The molecule has 1 atom stereocenters. The summed E-state index contributed by atoms with van der Waals surface area (Å²) < 4.78 is 0. The first-order valence-electron chi connectivity index (χ1n) is 5.97. The number of hydrogen-bond donors (Lipinski definition) is 2. The third-order valence-electron chi connectivity index (χ3n) is 2.84. The van der Waals surface area contributed by atoms with Crippen molar-refractivity contribution >= 4 is 5.97 Å². The summed E-state index contributed by atoms with van der Waals surface area (Å²) in [5.74, 6) is -0.791. The molecule has 0 fully saturated rings. The number of carboxylic acid groups (broad SMARTS) is 1. The van der Waals surface area contributed by atoms with E-state index in [4.69, 9.17) is 0 Å². The molecule has 0 saturated heterocycles. The van der Waals surface area contributed by atoms with Crippen molar-refractivity contribution in [3.8, 4) is 0 Å². The van der Waals surface area contributed by atoms with Gasteiger partial charge in [-0.25, -0.2) is 0 Å². The molecule has 0 bridgehead atoms. The minimum atomic E-state index is -0.830. The van der Waals surface area contributed by atoms with Crippen molar-refractivity contribution in [3.63, 3.8) is 0 Å². The van der Waals surface area contributed by atoms with Gasteiger partial charge in [-0.3, -0.25) is 9.78 Å². The van der Waals surface area contributed by atoms with Crippen LogP contribution < -0.4 is 5.32 Å². The molecule has 0 aliphatic carbocycles. The monoisotopic (exact) mass is 236 g/mol. The predicted molar refractivity (Wildman–Crippen MR) is 66.9 cm³/mol.